The number of nitro benzene ring substituents is 1. The summed E-state index contributed by atoms with van der Waals surface area (Å²) in [6, 6.07) is 19.5. The molecular formula is C27H26N4O5. The molecule has 0 radical (unpaired) electrons. The second-order valence-corrected chi connectivity index (χ2v) is 8.52. The van der Waals surface area contributed by atoms with E-state index < -0.39 is 10.5 Å². The highest BCUT2D eigenvalue weighted by Crippen LogP contribution is 2.31. The number of benzene rings is 3. The zero-order valence-corrected chi connectivity index (χ0v) is 19.9. The second-order valence-electron chi connectivity index (χ2n) is 8.52. The van der Waals surface area contributed by atoms with Crippen molar-refractivity contribution < 1.29 is 14.4 Å². The maximum absolute atomic E-state index is 13.6. The number of rotatable bonds is 7. The molecule has 0 amide bonds. The van der Waals surface area contributed by atoms with E-state index >= 15 is 0 Å². The number of hydrogen-bond acceptors (Lipinski definition) is 7. The molecule has 0 unspecified atom stereocenters. The Kier molecular flexibility index (Phi) is 6.64. The second kappa shape index (κ2) is 10.2. The van der Waals surface area contributed by atoms with E-state index in [-0.39, 0.29) is 11.4 Å². The third-order valence-corrected chi connectivity index (χ3v) is 6.15. The number of fused-ring (bicyclic) bond motifs is 1. The van der Waals surface area contributed by atoms with Gasteiger partial charge < -0.3 is 14.4 Å². The molecule has 1 aliphatic heterocycles. The molecule has 36 heavy (non-hydrogen) atoms. The third-order valence-electron chi connectivity index (χ3n) is 6.15. The van der Waals surface area contributed by atoms with Gasteiger partial charge in [0.15, 0.2) is 0 Å². The molecule has 3 aromatic carbocycles. The monoisotopic (exact) mass is 486 g/mol. The lowest BCUT2D eigenvalue weighted by Crippen LogP contribution is -2.36. The maximum atomic E-state index is 13.6. The fraction of sp³-hybridized carbons (Fsp3) is 0.259. The predicted octanol–water partition coefficient (Wildman–Crippen LogP) is 4.59. The van der Waals surface area contributed by atoms with Crippen LogP contribution in [0.1, 0.15) is 13.3 Å². The molecule has 2 heterocycles. The van der Waals surface area contributed by atoms with Gasteiger partial charge in [0.05, 0.1) is 35.8 Å². The van der Waals surface area contributed by atoms with Crippen LogP contribution in [-0.2, 0) is 4.74 Å². The zero-order chi connectivity index (χ0) is 25.1. The van der Waals surface area contributed by atoms with Crippen LogP contribution in [0.25, 0.3) is 27.7 Å². The van der Waals surface area contributed by atoms with Gasteiger partial charge in [-0.2, -0.15) is 9.78 Å². The van der Waals surface area contributed by atoms with Gasteiger partial charge in [-0.05, 0) is 36.8 Å². The normalized spacial score (nSPS) is 13.6. The number of nitrogens with zero attached hydrogens (tertiary/aromatic N) is 4. The van der Waals surface area contributed by atoms with E-state index in [0.29, 0.717) is 55.1 Å². The van der Waals surface area contributed by atoms with Gasteiger partial charge >= 0.3 is 0 Å². The van der Waals surface area contributed by atoms with Gasteiger partial charge in [0.1, 0.15) is 11.4 Å². The van der Waals surface area contributed by atoms with Crippen molar-refractivity contribution in [3.05, 3.63) is 87.2 Å². The number of anilines is 1. The summed E-state index contributed by atoms with van der Waals surface area (Å²) in [5.74, 6) is 0.693. The van der Waals surface area contributed by atoms with Crippen LogP contribution in [0, 0.1) is 10.1 Å². The first-order chi connectivity index (χ1) is 17.6. The van der Waals surface area contributed by atoms with Crippen molar-refractivity contribution in [2.45, 2.75) is 13.3 Å². The molecule has 0 bridgehead atoms. The largest absolute Gasteiger partial charge is 0.494 e. The summed E-state index contributed by atoms with van der Waals surface area (Å²) in [5, 5.41) is 17.8. The summed E-state index contributed by atoms with van der Waals surface area (Å²) in [5.41, 5.74) is 1.58. The molecule has 1 aromatic heterocycles. The van der Waals surface area contributed by atoms with E-state index in [1.54, 1.807) is 24.3 Å². The van der Waals surface area contributed by atoms with Crippen LogP contribution in [0.4, 0.5) is 11.4 Å². The summed E-state index contributed by atoms with van der Waals surface area (Å²) in [7, 11) is 0. The summed E-state index contributed by atoms with van der Waals surface area (Å²) in [6.07, 6.45) is 0.874. The summed E-state index contributed by atoms with van der Waals surface area (Å²) in [6.45, 7) is 5.08. The van der Waals surface area contributed by atoms with Crippen LogP contribution in [0.15, 0.2) is 71.5 Å². The highest BCUT2D eigenvalue weighted by molar-refractivity contribution is 5.94. The average Bonchev–Trinajstić information content (AvgIpc) is 2.92. The predicted molar refractivity (Wildman–Crippen MR) is 138 cm³/mol. The van der Waals surface area contributed by atoms with E-state index in [1.807, 2.05) is 43.3 Å². The zero-order valence-electron chi connectivity index (χ0n) is 19.9. The molecular weight excluding hydrogens is 460 g/mol. The smallest absolute Gasteiger partial charge is 0.295 e. The topological polar surface area (TPSA) is 99.7 Å². The SMILES string of the molecule is CCCOc1cccc(-c2nn(-c3cc(N4CCOCC4)ccc3[N+](=O)[O-])c(=O)c3ccccc23)c1. The number of aromatic nitrogens is 2. The molecule has 0 N–H and O–H groups in total. The quantitative estimate of drug-likeness (QED) is 0.278. The van der Waals surface area contributed by atoms with Crippen molar-refractivity contribution in [2.24, 2.45) is 0 Å². The molecule has 0 spiro atoms. The third kappa shape index (κ3) is 4.52. The molecule has 9 nitrogen and oxygen atoms in total. The lowest BCUT2D eigenvalue weighted by Gasteiger charge is -2.29. The first-order valence-electron chi connectivity index (χ1n) is 11.9. The fourth-order valence-corrected chi connectivity index (χ4v) is 4.37. The molecule has 5 rings (SSSR count). The van der Waals surface area contributed by atoms with Gasteiger partial charge in [0.25, 0.3) is 11.2 Å². The van der Waals surface area contributed by atoms with Crippen LogP contribution in [-0.4, -0.2) is 47.6 Å². The Labute approximate surface area is 207 Å². The van der Waals surface area contributed by atoms with Gasteiger partial charge in [-0.1, -0.05) is 37.3 Å². The van der Waals surface area contributed by atoms with Gasteiger partial charge in [-0.3, -0.25) is 14.9 Å². The Morgan fingerprint density at radius 1 is 1.03 bits per heavy atom. The van der Waals surface area contributed by atoms with Crippen molar-refractivity contribution in [1.29, 1.82) is 0 Å². The maximum Gasteiger partial charge on any atom is 0.295 e. The average molecular weight is 487 g/mol. The summed E-state index contributed by atoms with van der Waals surface area (Å²) >= 11 is 0. The summed E-state index contributed by atoms with van der Waals surface area (Å²) in [4.78, 5) is 27.2. The Morgan fingerprint density at radius 3 is 2.56 bits per heavy atom. The minimum absolute atomic E-state index is 0.124. The van der Waals surface area contributed by atoms with Crippen molar-refractivity contribution in [2.75, 3.05) is 37.8 Å². The summed E-state index contributed by atoms with van der Waals surface area (Å²) < 4.78 is 12.4. The minimum Gasteiger partial charge on any atom is -0.494 e. The van der Waals surface area contributed by atoms with Crippen LogP contribution < -0.4 is 15.2 Å². The Morgan fingerprint density at radius 2 is 1.81 bits per heavy atom. The Balaban J connectivity index is 1.73. The van der Waals surface area contributed by atoms with E-state index in [1.165, 1.54) is 6.07 Å². The number of morpholine rings is 1. The van der Waals surface area contributed by atoms with E-state index in [2.05, 4.69) is 4.90 Å². The van der Waals surface area contributed by atoms with Crippen LogP contribution >= 0.6 is 0 Å². The van der Waals surface area contributed by atoms with Crippen molar-refractivity contribution >= 4 is 22.1 Å². The molecule has 184 valence electrons. The number of ether oxygens (including phenoxy) is 2. The van der Waals surface area contributed by atoms with Gasteiger partial charge in [0.2, 0.25) is 0 Å². The highest BCUT2D eigenvalue weighted by atomic mass is 16.6. The molecule has 1 fully saturated rings. The lowest BCUT2D eigenvalue weighted by atomic mass is 10.0. The minimum atomic E-state index is -0.485. The molecule has 0 atom stereocenters. The van der Waals surface area contributed by atoms with Gasteiger partial charge in [0, 0.05) is 35.8 Å². The molecule has 0 saturated carbocycles. The van der Waals surface area contributed by atoms with Gasteiger partial charge in [-0.15, -0.1) is 0 Å². The first-order valence-corrected chi connectivity index (χ1v) is 11.9. The van der Waals surface area contributed by atoms with Crippen LogP contribution in [0.3, 0.4) is 0 Å². The first kappa shape index (κ1) is 23.5. The molecule has 1 saturated heterocycles. The van der Waals surface area contributed by atoms with E-state index in [4.69, 9.17) is 14.6 Å². The van der Waals surface area contributed by atoms with E-state index in [0.717, 1.165) is 22.4 Å². The lowest BCUT2D eigenvalue weighted by molar-refractivity contribution is -0.384. The molecule has 1 aliphatic rings. The van der Waals surface area contributed by atoms with Crippen molar-refractivity contribution in [3.8, 4) is 22.7 Å². The highest BCUT2D eigenvalue weighted by Gasteiger charge is 2.23. The standard InChI is InChI=1S/C27H26N4O5/c1-2-14-36-21-7-5-6-19(17-21)26-22-8-3-4-9-23(22)27(32)30(28-26)25-18-20(10-11-24(25)31(33)34)29-12-15-35-16-13-29/h3-11,17-18H,2,12-16H2,1H3. The van der Waals surface area contributed by atoms with Crippen molar-refractivity contribution in [1.82, 2.24) is 9.78 Å². The molecule has 4 aromatic rings. The Bertz CT molecular complexity index is 1480. The molecule has 9 heteroatoms. The number of nitro groups is 1. The van der Waals surface area contributed by atoms with Gasteiger partial charge in [-0.25, -0.2) is 0 Å². The van der Waals surface area contributed by atoms with E-state index in [9.17, 15) is 14.9 Å². The van der Waals surface area contributed by atoms with Crippen LogP contribution in [0.2, 0.25) is 0 Å². The Hall–Kier alpha value is -4.24. The fourth-order valence-electron chi connectivity index (χ4n) is 4.37. The number of hydrogen-bond donors (Lipinski definition) is 0. The molecule has 0 aliphatic carbocycles. The van der Waals surface area contributed by atoms with Crippen molar-refractivity contribution in [3.63, 3.8) is 0 Å². The van der Waals surface area contributed by atoms with Crippen LogP contribution in [0.5, 0.6) is 5.75 Å².